The number of carboxylic acid groups (broad SMARTS) is 2. The Morgan fingerprint density at radius 3 is 2.28 bits per heavy atom. The average molecular weight is 742 g/mol. The second-order valence-corrected chi connectivity index (χ2v) is 13.0. The SMILES string of the molecule is COc1cc(/C(F)=C/c2cccc(-c3cccc(NC(=O)c4cc(OC)c(CN5CCCC[C@H]5C(=O)O)cn4)c3C)c2C)ncc1CN[C@H](CO)C(=O)O. The fraction of sp³-hybridized carbons (Fsp3) is 0.325. The first-order valence-electron chi connectivity index (χ1n) is 17.4. The molecule has 0 saturated carbocycles. The summed E-state index contributed by atoms with van der Waals surface area (Å²) in [5.41, 5.74) is 5.73. The summed E-state index contributed by atoms with van der Waals surface area (Å²) < 4.78 is 26.7. The zero-order chi connectivity index (χ0) is 38.9. The van der Waals surface area contributed by atoms with Crippen LogP contribution in [0.1, 0.15) is 63.3 Å². The molecule has 0 radical (unpaired) electrons. The normalized spacial score (nSPS) is 15.4. The predicted octanol–water partition coefficient (Wildman–Crippen LogP) is 5.47. The maximum atomic E-state index is 15.7. The van der Waals surface area contributed by atoms with E-state index >= 15 is 4.39 Å². The van der Waals surface area contributed by atoms with Crippen molar-refractivity contribution in [1.82, 2.24) is 20.2 Å². The van der Waals surface area contributed by atoms with E-state index in [2.05, 4.69) is 20.6 Å². The molecule has 0 spiro atoms. The number of carboxylic acids is 2. The highest BCUT2D eigenvalue weighted by Gasteiger charge is 2.29. The third kappa shape index (κ3) is 9.08. The van der Waals surface area contributed by atoms with E-state index in [0.717, 1.165) is 35.1 Å². The molecule has 1 amide bonds. The van der Waals surface area contributed by atoms with E-state index < -0.39 is 42.4 Å². The van der Waals surface area contributed by atoms with Crippen LogP contribution in [0.4, 0.5) is 10.1 Å². The lowest BCUT2D eigenvalue weighted by Gasteiger charge is -2.33. The Bertz CT molecular complexity index is 2050. The smallest absolute Gasteiger partial charge is 0.323 e. The number of likely N-dealkylation sites (tertiary alicyclic amines) is 1. The number of aromatic nitrogens is 2. The van der Waals surface area contributed by atoms with E-state index in [1.54, 1.807) is 24.4 Å². The summed E-state index contributed by atoms with van der Waals surface area (Å²) in [5, 5.41) is 33.8. The number of anilines is 1. The fourth-order valence-electron chi connectivity index (χ4n) is 6.52. The van der Waals surface area contributed by atoms with Crippen LogP contribution in [0.2, 0.25) is 0 Å². The summed E-state index contributed by atoms with van der Waals surface area (Å²) in [6.45, 7) is 4.18. The van der Waals surface area contributed by atoms with Gasteiger partial charge in [0, 0.05) is 54.4 Å². The maximum Gasteiger partial charge on any atom is 0.323 e. The Morgan fingerprint density at radius 1 is 0.944 bits per heavy atom. The predicted molar refractivity (Wildman–Crippen MR) is 201 cm³/mol. The number of ether oxygens (including phenoxy) is 2. The van der Waals surface area contributed by atoms with E-state index in [0.29, 0.717) is 53.4 Å². The molecule has 1 aliphatic rings. The average Bonchev–Trinajstić information content (AvgIpc) is 3.17. The maximum absolute atomic E-state index is 15.7. The van der Waals surface area contributed by atoms with Gasteiger partial charge in [0.25, 0.3) is 5.91 Å². The van der Waals surface area contributed by atoms with Gasteiger partial charge in [-0.05, 0) is 73.2 Å². The number of halogens is 1. The number of rotatable bonds is 15. The minimum Gasteiger partial charge on any atom is -0.496 e. The molecule has 2 aromatic heterocycles. The van der Waals surface area contributed by atoms with Crippen LogP contribution in [-0.2, 0) is 22.7 Å². The van der Waals surface area contributed by atoms with Crippen molar-refractivity contribution in [1.29, 1.82) is 0 Å². The Kier molecular flexibility index (Phi) is 13.1. The van der Waals surface area contributed by atoms with Crippen molar-refractivity contribution >= 4 is 35.4 Å². The zero-order valence-electron chi connectivity index (χ0n) is 30.6. The third-order valence-corrected chi connectivity index (χ3v) is 9.63. The third-order valence-electron chi connectivity index (χ3n) is 9.63. The monoisotopic (exact) mass is 741 g/mol. The quantitative estimate of drug-likeness (QED) is 0.104. The van der Waals surface area contributed by atoms with Gasteiger partial charge in [0.1, 0.15) is 40.8 Å². The van der Waals surface area contributed by atoms with Crippen LogP contribution >= 0.6 is 0 Å². The molecule has 5 N–H and O–H groups in total. The van der Waals surface area contributed by atoms with Crippen LogP contribution in [0.5, 0.6) is 11.5 Å². The standard InChI is InChI=1S/C40H44FN5O8/c1-23-25(15-30(41)32-16-36(53-3)26(18-42-32)19-44-34(22-47)39(49)50)9-7-10-28(23)29-11-8-12-31(24(29)2)45-38(48)33-17-37(54-4)27(20-43-33)21-46-14-6-5-13-35(46)40(51)52/h7-12,15-18,20,34-35,44,47H,5-6,13-14,19,21-22H2,1-4H3,(H,45,48)(H,49,50)(H,51,52)/b30-15-/t34-,35+/m1/s1. The van der Waals surface area contributed by atoms with Gasteiger partial charge in [-0.3, -0.25) is 34.6 Å². The van der Waals surface area contributed by atoms with Gasteiger partial charge in [0.05, 0.1) is 20.8 Å². The van der Waals surface area contributed by atoms with E-state index in [-0.39, 0.29) is 17.9 Å². The number of nitrogens with one attached hydrogen (secondary N) is 2. The molecule has 0 unspecified atom stereocenters. The molecule has 2 atom stereocenters. The fourth-order valence-corrected chi connectivity index (χ4v) is 6.52. The van der Waals surface area contributed by atoms with Gasteiger partial charge in [-0.15, -0.1) is 0 Å². The molecule has 54 heavy (non-hydrogen) atoms. The molecule has 1 saturated heterocycles. The van der Waals surface area contributed by atoms with Gasteiger partial charge in [-0.25, -0.2) is 4.39 Å². The van der Waals surface area contributed by atoms with E-state index in [4.69, 9.17) is 9.47 Å². The zero-order valence-corrected chi connectivity index (χ0v) is 30.6. The first-order valence-corrected chi connectivity index (χ1v) is 17.4. The topological polar surface area (TPSA) is 183 Å². The van der Waals surface area contributed by atoms with Crippen LogP contribution in [-0.4, -0.2) is 87.5 Å². The number of aliphatic carboxylic acids is 2. The number of carbonyl (C=O) groups is 3. The molecular weight excluding hydrogens is 697 g/mol. The lowest BCUT2D eigenvalue weighted by Crippen LogP contribution is -2.44. The largest absolute Gasteiger partial charge is 0.496 e. The Hall–Kier alpha value is -5.70. The van der Waals surface area contributed by atoms with Crippen LogP contribution in [0.15, 0.2) is 60.9 Å². The highest BCUT2D eigenvalue weighted by atomic mass is 19.1. The van der Waals surface area contributed by atoms with Crippen molar-refractivity contribution in [2.75, 3.05) is 32.7 Å². The van der Waals surface area contributed by atoms with E-state index in [1.165, 1.54) is 32.6 Å². The first-order chi connectivity index (χ1) is 25.9. The Labute approximate surface area is 312 Å². The minimum absolute atomic E-state index is 0.0208. The van der Waals surface area contributed by atoms with Crippen molar-refractivity contribution in [2.24, 2.45) is 0 Å². The number of nitrogens with zero attached hydrogens (tertiary/aromatic N) is 3. The molecule has 13 nitrogen and oxygen atoms in total. The number of carbonyl (C=O) groups excluding carboxylic acids is 1. The van der Waals surface area contributed by atoms with Gasteiger partial charge >= 0.3 is 11.9 Å². The van der Waals surface area contributed by atoms with Crippen molar-refractivity contribution in [3.05, 3.63) is 100 Å². The van der Waals surface area contributed by atoms with Crippen molar-refractivity contribution < 1.29 is 43.6 Å². The summed E-state index contributed by atoms with van der Waals surface area (Å²) in [6.07, 6.45) is 6.67. The number of methoxy groups -OCH3 is 2. The van der Waals surface area contributed by atoms with Crippen LogP contribution in [0.3, 0.4) is 0 Å². The molecular formula is C40H44FN5O8. The number of hydrogen-bond donors (Lipinski definition) is 5. The van der Waals surface area contributed by atoms with Gasteiger partial charge in [-0.2, -0.15) is 0 Å². The number of hydrogen-bond acceptors (Lipinski definition) is 10. The number of aliphatic hydroxyl groups is 1. The second-order valence-electron chi connectivity index (χ2n) is 13.0. The number of aliphatic hydroxyl groups excluding tert-OH is 1. The summed E-state index contributed by atoms with van der Waals surface area (Å²) in [4.78, 5) is 47.0. The molecule has 1 aliphatic heterocycles. The highest BCUT2D eigenvalue weighted by molar-refractivity contribution is 6.04. The van der Waals surface area contributed by atoms with E-state index in [9.17, 15) is 29.7 Å². The molecule has 3 heterocycles. The van der Waals surface area contributed by atoms with Gasteiger partial charge in [0.2, 0.25) is 0 Å². The second kappa shape index (κ2) is 17.9. The number of piperidine rings is 1. The summed E-state index contributed by atoms with van der Waals surface area (Å²) >= 11 is 0. The summed E-state index contributed by atoms with van der Waals surface area (Å²) in [7, 11) is 2.91. The van der Waals surface area contributed by atoms with E-state index in [1.807, 2.05) is 43.0 Å². The van der Waals surface area contributed by atoms with Gasteiger partial charge in [-0.1, -0.05) is 36.8 Å². The Morgan fingerprint density at radius 2 is 1.59 bits per heavy atom. The highest BCUT2D eigenvalue weighted by Crippen LogP contribution is 2.34. The molecule has 4 aromatic rings. The van der Waals surface area contributed by atoms with Gasteiger partial charge < -0.3 is 30.1 Å². The molecule has 5 rings (SSSR count). The Balaban J connectivity index is 1.34. The number of amides is 1. The lowest BCUT2D eigenvalue weighted by atomic mass is 9.92. The summed E-state index contributed by atoms with van der Waals surface area (Å²) in [6, 6.07) is 12.3. The van der Waals surface area contributed by atoms with Crippen molar-refractivity contribution in [3.63, 3.8) is 0 Å². The number of pyridine rings is 2. The van der Waals surface area contributed by atoms with Crippen LogP contribution in [0, 0.1) is 13.8 Å². The molecule has 1 fully saturated rings. The minimum atomic E-state index is -1.21. The van der Waals surface area contributed by atoms with Crippen molar-refractivity contribution in [3.8, 4) is 22.6 Å². The molecule has 0 aliphatic carbocycles. The molecule has 2 aromatic carbocycles. The molecule has 284 valence electrons. The summed E-state index contributed by atoms with van der Waals surface area (Å²) in [5.74, 6) is -2.38. The van der Waals surface area contributed by atoms with Crippen molar-refractivity contribution in [2.45, 2.75) is 58.3 Å². The molecule has 0 bridgehead atoms. The number of benzene rings is 2. The van der Waals surface area contributed by atoms with Crippen LogP contribution < -0.4 is 20.1 Å². The lowest BCUT2D eigenvalue weighted by molar-refractivity contribution is -0.145. The molecule has 14 heteroatoms. The van der Waals surface area contributed by atoms with Crippen LogP contribution in [0.25, 0.3) is 23.0 Å². The first kappa shape index (κ1) is 39.5. The van der Waals surface area contributed by atoms with Gasteiger partial charge in [0.15, 0.2) is 0 Å².